The summed E-state index contributed by atoms with van der Waals surface area (Å²) in [5.41, 5.74) is -1.27. The molecule has 3 atom stereocenters. The SMILES string of the molecule is CC[C@]1(O)CCC[C@H]2CN(C(=O)Cn3cc(C)c(=O)[nH]c3=O)C[C@H]21. The quantitative estimate of drug-likeness (QED) is 0.827. The van der Waals surface area contributed by atoms with Gasteiger partial charge in [-0.05, 0) is 32.1 Å². The van der Waals surface area contributed by atoms with E-state index in [0.29, 0.717) is 31.0 Å². The van der Waals surface area contributed by atoms with Gasteiger partial charge in [-0.2, -0.15) is 0 Å². The lowest BCUT2D eigenvalue weighted by molar-refractivity contribution is -0.131. The molecule has 2 aliphatic rings. The first-order valence-corrected chi connectivity index (χ1v) is 8.64. The van der Waals surface area contributed by atoms with Crippen molar-refractivity contribution in [3.63, 3.8) is 0 Å². The van der Waals surface area contributed by atoms with E-state index in [-0.39, 0.29) is 18.4 Å². The number of aryl methyl sites for hydroxylation is 1. The highest BCUT2D eigenvalue weighted by Gasteiger charge is 2.48. The second-order valence-electron chi connectivity index (χ2n) is 7.21. The molecule has 3 rings (SSSR count). The number of aromatic amines is 1. The molecule has 132 valence electrons. The van der Waals surface area contributed by atoms with Crippen molar-refractivity contribution in [3.05, 3.63) is 32.6 Å². The zero-order valence-electron chi connectivity index (χ0n) is 14.2. The van der Waals surface area contributed by atoms with Gasteiger partial charge >= 0.3 is 5.69 Å². The molecule has 0 aromatic carbocycles. The summed E-state index contributed by atoms with van der Waals surface area (Å²) >= 11 is 0. The van der Waals surface area contributed by atoms with E-state index in [4.69, 9.17) is 0 Å². The summed E-state index contributed by atoms with van der Waals surface area (Å²) in [4.78, 5) is 39.8. The molecule has 0 bridgehead atoms. The summed E-state index contributed by atoms with van der Waals surface area (Å²) in [6.45, 7) is 4.70. The number of aliphatic hydroxyl groups is 1. The minimum atomic E-state index is -0.677. The number of rotatable bonds is 3. The van der Waals surface area contributed by atoms with Crippen LogP contribution in [0.2, 0.25) is 0 Å². The third-order valence-electron chi connectivity index (χ3n) is 5.78. The predicted octanol–water partition coefficient (Wildman–Crippen LogP) is 0.245. The molecule has 1 aromatic heterocycles. The monoisotopic (exact) mass is 335 g/mol. The van der Waals surface area contributed by atoms with Gasteiger partial charge in [0.15, 0.2) is 0 Å². The minimum Gasteiger partial charge on any atom is -0.390 e. The van der Waals surface area contributed by atoms with Crippen molar-refractivity contribution in [2.75, 3.05) is 13.1 Å². The topological polar surface area (TPSA) is 95.4 Å². The number of nitrogens with zero attached hydrogens (tertiary/aromatic N) is 2. The third-order valence-corrected chi connectivity index (χ3v) is 5.78. The molecule has 7 nitrogen and oxygen atoms in total. The number of likely N-dealkylation sites (tertiary alicyclic amines) is 1. The van der Waals surface area contributed by atoms with Crippen LogP contribution < -0.4 is 11.2 Å². The van der Waals surface area contributed by atoms with Crippen molar-refractivity contribution < 1.29 is 9.90 Å². The number of nitrogens with one attached hydrogen (secondary N) is 1. The Balaban J connectivity index is 1.74. The second kappa shape index (κ2) is 6.20. The van der Waals surface area contributed by atoms with Crippen molar-refractivity contribution in [3.8, 4) is 0 Å². The summed E-state index contributed by atoms with van der Waals surface area (Å²) in [5, 5.41) is 10.8. The number of hydrogen-bond donors (Lipinski definition) is 2. The van der Waals surface area contributed by atoms with Gasteiger partial charge in [0.1, 0.15) is 6.54 Å². The van der Waals surface area contributed by atoms with E-state index in [9.17, 15) is 19.5 Å². The summed E-state index contributed by atoms with van der Waals surface area (Å²) in [7, 11) is 0. The number of carbonyl (C=O) groups excluding carboxylic acids is 1. The first-order valence-electron chi connectivity index (χ1n) is 8.64. The Kier molecular flexibility index (Phi) is 4.38. The normalized spacial score (nSPS) is 29.5. The Morgan fingerprint density at radius 2 is 2.17 bits per heavy atom. The van der Waals surface area contributed by atoms with Gasteiger partial charge in [0.2, 0.25) is 5.91 Å². The van der Waals surface area contributed by atoms with Crippen molar-refractivity contribution in [2.45, 2.75) is 51.7 Å². The molecular weight excluding hydrogens is 310 g/mol. The molecule has 0 spiro atoms. The van der Waals surface area contributed by atoms with Crippen LogP contribution in [0.3, 0.4) is 0 Å². The van der Waals surface area contributed by atoms with E-state index in [1.54, 1.807) is 11.8 Å². The molecular formula is C17H25N3O4. The maximum Gasteiger partial charge on any atom is 0.328 e. The molecule has 1 aliphatic heterocycles. The van der Waals surface area contributed by atoms with Gasteiger partial charge in [-0.3, -0.25) is 19.1 Å². The van der Waals surface area contributed by atoms with E-state index in [0.717, 1.165) is 19.3 Å². The van der Waals surface area contributed by atoms with Crippen LogP contribution in [0.25, 0.3) is 0 Å². The Hall–Kier alpha value is -1.89. The van der Waals surface area contributed by atoms with Crippen LogP contribution in [0.4, 0.5) is 0 Å². The van der Waals surface area contributed by atoms with Gasteiger partial charge in [-0.1, -0.05) is 13.3 Å². The molecule has 1 aromatic rings. The van der Waals surface area contributed by atoms with Crippen LogP contribution >= 0.6 is 0 Å². The van der Waals surface area contributed by atoms with Crippen LogP contribution in [0.1, 0.15) is 38.2 Å². The average molecular weight is 335 g/mol. The maximum absolute atomic E-state index is 12.6. The van der Waals surface area contributed by atoms with E-state index >= 15 is 0 Å². The van der Waals surface area contributed by atoms with Crippen LogP contribution in [0.15, 0.2) is 15.8 Å². The number of aromatic nitrogens is 2. The molecule has 0 unspecified atom stereocenters. The molecule has 0 radical (unpaired) electrons. The Labute approximate surface area is 140 Å². The largest absolute Gasteiger partial charge is 0.390 e. The lowest BCUT2D eigenvalue weighted by Gasteiger charge is -2.40. The van der Waals surface area contributed by atoms with Gasteiger partial charge in [0.25, 0.3) is 5.56 Å². The van der Waals surface area contributed by atoms with Gasteiger partial charge in [-0.25, -0.2) is 4.79 Å². The first kappa shape index (κ1) is 17.0. The predicted molar refractivity (Wildman–Crippen MR) is 88.7 cm³/mol. The van der Waals surface area contributed by atoms with Crippen LogP contribution in [-0.4, -0.2) is 44.2 Å². The van der Waals surface area contributed by atoms with E-state index in [1.807, 2.05) is 6.92 Å². The molecule has 2 fully saturated rings. The smallest absolute Gasteiger partial charge is 0.328 e. The van der Waals surface area contributed by atoms with E-state index < -0.39 is 16.9 Å². The molecule has 2 heterocycles. The van der Waals surface area contributed by atoms with Gasteiger partial charge in [0.05, 0.1) is 5.60 Å². The summed E-state index contributed by atoms with van der Waals surface area (Å²) < 4.78 is 1.24. The summed E-state index contributed by atoms with van der Waals surface area (Å²) in [6.07, 6.45) is 4.95. The highest BCUT2D eigenvalue weighted by Crippen LogP contribution is 2.44. The molecule has 1 aliphatic carbocycles. The van der Waals surface area contributed by atoms with Crippen molar-refractivity contribution in [1.82, 2.24) is 14.5 Å². The number of H-pyrrole nitrogens is 1. The van der Waals surface area contributed by atoms with E-state index in [2.05, 4.69) is 4.98 Å². The Morgan fingerprint density at radius 1 is 1.42 bits per heavy atom. The van der Waals surface area contributed by atoms with Crippen LogP contribution in [-0.2, 0) is 11.3 Å². The fourth-order valence-corrected chi connectivity index (χ4v) is 4.25. The number of amides is 1. The van der Waals surface area contributed by atoms with Crippen molar-refractivity contribution in [2.24, 2.45) is 11.8 Å². The summed E-state index contributed by atoms with van der Waals surface area (Å²) in [5.74, 6) is 0.312. The molecule has 24 heavy (non-hydrogen) atoms. The number of fused-ring (bicyclic) bond motifs is 1. The first-order chi connectivity index (χ1) is 11.3. The molecule has 1 amide bonds. The Bertz CT molecular complexity index is 753. The highest BCUT2D eigenvalue weighted by molar-refractivity contribution is 5.76. The maximum atomic E-state index is 12.6. The zero-order valence-corrected chi connectivity index (χ0v) is 14.2. The van der Waals surface area contributed by atoms with Crippen molar-refractivity contribution in [1.29, 1.82) is 0 Å². The Morgan fingerprint density at radius 3 is 2.88 bits per heavy atom. The van der Waals surface area contributed by atoms with Crippen LogP contribution in [0.5, 0.6) is 0 Å². The highest BCUT2D eigenvalue weighted by atomic mass is 16.3. The van der Waals surface area contributed by atoms with Crippen LogP contribution in [0, 0.1) is 18.8 Å². The minimum absolute atomic E-state index is 0.0829. The van der Waals surface area contributed by atoms with E-state index in [1.165, 1.54) is 10.8 Å². The molecule has 2 N–H and O–H groups in total. The fraction of sp³-hybridized carbons (Fsp3) is 0.706. The standard InChI is InChI=1S/C17H25N3O4/c1-3-17(24)6-4-5-12-8-19(9-13(12)17)14(21)10-20-7-11(2)15(22)18-16(20)23/h7,12-13,24H,3-6,8-10H2,1-2H3,(H,18,22,23)/t12-,13+,17-/m0/s1. The third kappa shape index (κ3) is 2.92. The van der Waals surface area contributed by atoms with Crippen molar-refractivity contribution >= 4 is 5.91 Å². The molecule has 7 heteroatoms. The zero-order chi connectivity index (χ0) is 17.5. The average Bonchev–Trinajstić information content (AvgIpc) is 2.98. The van der Waals surface area contributed by atoms with Gasteiger partial charge in [-0.15, -0.1) is 0 Å². The number of carbonyl (C=O) groups is 1. The molecule has 1 saturated carbocycles. The lowest BCUT2D eigenvalue weighted by atomic mass is 9.69. The summed E-state index contributed by atoms with van der Waals surface area (Å²) in [6, 6.07) is 0. The second-order valence-corrected chi connectivity index (χ2v) is 7.21. The fourth-order valence-electron chi connectivity index (χ4n) is 4.25. The van der Waals surface area contributed by atoms with Gasteiger partial charge < -0.3 is 10.0 Å². The van der Waals surface area contributed by atoms with Gasteiger partial charge in [0, 0.05) is 30.8 Å². The molecule has 1 saturated heterocycles. The lowest BCUT2D eigenvalue weighted by Crippen LogP contribution is -2.45. The number of hydrogen-bond acceptors (Lipinski definition) is 4.